The lowest BCUT2D eigenvalue weighted by Gasteiger charge is -2.15. The number of amides is 2. The molecule has 1 aromatic heterocycles. The largest absolute Gasteiger partial charge is 0.481 e. The maximum absolute atomic E-state index is 11.7. The van der Waals surface area contributed by atoms with Gasteiger partial charge in [-0.2, -0.15) is 0 Å². The van der Waals surface area contributed by atoms with Crippen LogP contribution in [0.4, 0.5) is 0 Å². The molecule has 20 heavy (non-hydrogen) atoms. The van der Waals surface area contributed by atoms with E-state index in [9.17, 15) is 14.4 Å². The molecule has 2 amide bonds. The average molecular weight is 282 g/mol. The van der Waals surface area contributed by atoms with Crippen molar-refractivity contribution in [3.63, 3.8) is 0 Å². The molecule has 0 bridgehead atoms. The molecule has 0 spiro atoms. The van der Waals surface area contributed by atoms with Crippen molar-refractivity contribution in [3.8, 4) is 0 Å². The molecule has 1 aromatic rings. The third-order valence-corrected chi connectivity index (χ3v) is 2.85. The van der Waals surface area contributed by atoms with Gasteiger partial charge in [-0.1, -0.05) is 6.92 Å². The molecule has 7 nitrogen and oxygen atoms in total. The fourth-order valence-electron chi connectivity index (χ4n) is 1.52. The molecule has 1 rings (SSSR count). The molecule has 0 aliphatic heterocycles. The Morgan fingerprint density at radius 1 is 1.40 bits per heavy atom. The zero-order valence-electron chi connectivity index (χ0n) is 11.4. The van der Waals surface area contributed by atoms with Crippen LogP contribution in [-0.4, -0.2) is 35.5 Å². The molecule has 110 valence electrons. The van der Waals surface area contributed by atoms with Crippen LogP contribution in [0.25, 0.3) is 0 Å². The van der Waals surface area contributed by atoms with Crippen molar-refractivity contribution < 1.29 is 23.9 Å². The van der Waals surface area contributed by atoms with E-state index in [4.69, 9.17) is 9.52 Å². The van der Waals surface area contributed by atoms with Crippen molar-refractivity contribution in [2.45, 2.75) is 26.3 Å². The number of carboxylic acids is 1. The van der Waals surface area contributed by atoms with E-state index in [0.717, 1.165) is 0 Å². The summed E-state index contributed by atoms with van der Waals surface area (Å²) < 4.78 is 4.90. The van der Waals surface area contributed by atoms with Crippen molar-refractivity contribution in [1.82, 2.24) is 10.6 Å². The Balaban J connectivity index is 2.43. The van der Waals surface area contributed by atoms with E-state index in [2.05, 4.69) is 10.6 Å². The van der Waals surface area contributed by atoms with Gasteiger partial charge in [0.2, 0.25) is 5.91 Å². The molecular formula is C13H18N2O5. The smallest absolute Gasteiger partial charge is 0.308 e. The predicted octanol–water partition coefficient (Wildman–Crippen LogP) is 0.625. The lowest BCUT2D eigenvalue weighted by atomic mass is 10.1. The van der Waals surface area contributed by atoms with Crippen LogP contribution in [0.1, 0.15) is 30.8 Å². The Kier molecular flexibility index (Phi) is 5.76. The summed E-state index contributed by atoms with van der Waals surface area (Å²) in [5, 5.41) is 13.8. The maximum Gasteiger partial charge on any atom is 0.308 e. The molecule has 0 saturated carbocycles. The molecule has 0 radical (unpaired) electrons. The first kappa shape index (κ1) is 15.7. The van der Waals surface area contributed by atoms with Crippen LogP contribution in [0.15, 0.2) is 22.8 Å². The number of aliphatic carboxylic acids is 1. The Labute approximate surface area is 116 Å². The van der Waals surface area contributed by atoms with Gasteiger partial charge in [-0.15, -0.1) is 0 Å². The van der Waals surface area contributed by atoms with Crippen LogP contribution in [0.5, 0.6) is 0 Å². The van der Waals surface area contributed by atoms with E-state index in [1.54, 1.807) is 13.0 Å². The first-order chi connectivity index (χ1) is 9.45. The summed E-state index contributed by atoms with van der Waals surface area (Å²) >= 11 is 0. The minimum atomic E-state index is -0.958. The topological polar surface area (TPSA) is 109 Å². The lowest BCUT2D eigenvalue weighted by Crippen LogP contribution is -2.46. The van der Waals surface area contributed by atoms with E-state index in [1.165, 1.54) is 19.3 Å². The Morgan fingerprint density at radius 2 is 2.10 bits per heavy atom. The summed E-state index contributed by atoms with van der Waals surface area (Å²) in [7, 11) is 0. The van der Waals surface area contributed by atoms with Gasteiger partial charge in [0.15, 0.2) is 5.76 Å². The number of hydrogen-bond acceptors (Lipinski definition) is 4. The molecule has 2 atom stereocenters. The van der Waals surface area contributed by atoms with Gasteiger partial charge in [-0.25, -0.2) is 0 Å². The first-order valence-corrected chi connectivity index (χ1v) is 6.30. The molecular weight excluding hydrogens is 264 g/mol. The summed E-state index contributed by atoms with van der Waals surface area (Å²) in [4.78, 5) is 34.2. The van der Waals surface area contributed by atoms with Crippen LogP contribution >= 0.6 is 0 Å². The van der Waals surface area contributed by atoms with Gasteiger partial charge in [-0.3, -0.25) is 14.4 Å². The Hall–Kier alpha value is -2.31. The number of carbonyl (C=O) groups excluding carboxylic acids is 2. The van der Waals surface area contributed by atoms with E-state index < -0.39 is 29.7 Å². The van der Waals surface area contributed by atoms with Gasteiger partial charge in [0.25, 0.3) is 5.91 Å². The van der Waals surface area contributed by atoms with Gasteiger partial charge in [0.05, 0.1) is 12.2 Å². The monoisotopic (exact) mass is 282 g/mol. The van der Waals surface area contributed by atoms with Gasteiger partial charge < -0.3 is 20.2 Å². The molecule has 2 unspecified atom stereocenters. The zero-order valence-corrected chi connectivity index (χ0v) is 11.4. The molecule has 7 heteroatoms. The van der Waals surface area contributed by atoms with Crippen LogP contribution in [0.3, 0.4) is 0 Å². The number of carboxylic acid groups (broad SMARTS) is 1. The number of nitrogens with one attached hydrogen (secondary N) is 2. The van der Waals surface area contributed by atoms with E-state index >= 15 is 0 Å². The van der Waals surface area contributed by atoms with Crippen LogP contribution in [-0.2, 0) is 9.59 Å². The summed E-state index contributed by atoms with van der Waals surface area (Å²) in [5.74, 6) is -2.42. The first-order valence-electron chi connectivity index (χ1n) is 6.30. The highest BCUT2D eigenvalue weighted by atomic mass is 16.4. The number of carbonyl (C=O) groups is 3. The summed E-state index contributed by atoms with van der Waals surface area (Å²) in [6.07, 6.45) is 1.78. The van der Waals surface area contributed by atoms with Gasteiger partial charge in [0, 0.05) is 6.54 Å². The molecule has 3 N–H and O–H groups in total. The Morgan fingerprint density at radius 3 is 2.60 bits per heavy atom. The average Bonchev–Trinajstić information content (AvgIpc) is 2.92. The van der Waals surface area contributed by atoms with Crippen molar-refractivity contribution >= 4 is 17.8 Å². The van der Waals surface area contributed by atoms with Crippen molar-refractivity contribution in [2.75, 3.05) is 6.54 Å². The highest BCUT2D eigenvalue weighted by Gasteiger charge is 2.20. The molecule has 0 aliphatic rings. The van der Waals surface area contributed by atoms with Crippen LogP contribution in [0.2, 0.25) is 0 Å². The highest BCUT2D eigenvalue weighted by molar-refractivity contribution is 5.95. The standard InChI is InChI=1S/C13H18N2O5/c1-3-9(13(18)19)7-14-11(16)8(2)15-12(17)10-5-4-6-20-10/h4-6,8-9H,3,7H2,1-2H3,(H,14,16)(H,15,17)(H,18,19). The van der Waals surface area contributed by atoms with Crippen LogP contribution in [0, 0.1) is 5.92 Å². The van der Waals surface area contributed by atoms with Crippen molar-refractivity contribution in [2.24, 2.45) is 5.92 Å². The minimum absolute atomic E-state index is 0.0334. The molecule has 0 aromatic carbocycles. The highest BCUT2D eigenvalue weighted by Crippen LogP contribution is 2.02. The van der Waals surface area contributed by atoms with Crippen molar-refractivity contribution in [3.05, 3.63) is 24.2 Å². The Bertz CT molecular complexity index is 469. The van der Waals surface area contributed by atoms with Gasteiger partial charge >= 0.3 is 5.97 Å². The second-order valence-electron chi connectivity index (χ2n) is 4.36. The van der Waals surface area contributed by atoms with Crippen molar-refractivity contribution in [1.29, 1.82) is 0 Å². The van der Waals surface area contributed by atoms with Gasteiger partial charge in [-0.05, 0) is 25.5 Å². The molecule has 0 saturated heterocycles. The fraction of sp³-hybridized carbons (Fsp3) is 0.462. The van der Waals surface area contributed by atoms with Crippen LogP contribution < -0.4 is 10.6 Å². The SMILES string of the molecule is CCC(CNC(=O)C(C)NC(=O)c1ccco1)C(=O)O. The van der Waals surface area contributed by atoms with E-state index in [-0.39, 0.29) is 12.3 Å². The minimum Gasteiger partial charge on any atom is -0.481 e. The predicted molar refractivity (Wildman–Crippen MR) is 70.1 cm³/mol. The van der Waals surface area contributed by atoms with E-state index in [1.807, 2.05) is 0 Å². The summed E-state index contributed by atoms with van der Waals surface area (Å²) in [6.45, 7) is 3.27. The number of hydrogen-bond donors (Lipinski definition) is 3. The molecule has 0 aliphatic carbocycles. The van der Waals surface area contributed by atoms with E-state index in [0.29, 0.717) is 6.42 Å². The number of rotatable bonds is 7. The fourth-order valence-corrected chi connectivity index (χ4v) is 1.52. The third kappa shape index (κ3) is 4.42. The molecule has 1 heterocycles. The molecule has 0 fully saturated rings. The normalized spacial score (nSPS) is 13.3. The second-order valence-corrected chi connectivity index (χ2v) is 4.36. The second kappa shape index (κ2) is 7.32. The summed E-state index contributed by atoms with van der Waals surface area (Å²) in [5.41, 5.74) is 0. The van der Waals surface area contributed by atoms with Gasteiger partial charge in [0.1, 0.15) is 6.04 Å². The summed E-state index contributed by atoms with van der Waals surface area (Å²) in [6, 6.07) is 2.27. The third-order valence-electron chi connectivity index (χ3n) is 2.85. The maximum atomic E-state index is 11.7. The number of furan rings is 1. The zero-order chi connectivity index (χ0) is 15.1. The lowest BCUT2D eigenvalue weighted by molar-refractivity contribution is -0.141. The quantitative estimate of drug-likeness (QED) is 0.679.